The van der Waals surface area contributed by atoms with E-state index in [9.17, 15) is 0 Å². The fraction of sp³-hybridized carbons (Fsp3) is 0.429. The van der Waals surface area contributed by atoms with Crippen LogP contribution in [0.15, 0.2) is 24.3 Å². The van der Waals surface area contributed by atoms with Crippen LogP contribution in [0.5, 0.6) is 5.75 Å². The molecule has 0 amide bonds. The number of ether oxygens (including phenoxy) is 1. The first-order valence-corrected chi connectivity index (χ1v) is 6.40. The van der Waals surface area contributed by atoms with Crippen LogP contribution in [0.3, 0.4) is 0 Å². The Kier molecular flexibility index (Phi) is 4.04. The van der Waals surface area contributed by atoms with E-state index in [2.05, 4.69) is 33.9 Å². The maximum absolute atomic E-state index is 5.13. The Balaban J connectivity index is 2.05. The molecule has 0 atom stereocenters. The Bertz CT molecular complexity index is 531. The van der Waals surface area contributed by atoms with Gasteiger partial charge in [0.1, 0.15) is 11.6 Å². The molecule has 2 rings (SSSR count). The lowest BCUT2D eigenvalue weighted by atomic mass is 10.3. The molecule has 0 fully saturated rings. The zero-order chi connectivity index (χ0) is 13.8. The van der Waals surface area contributed by atoms with E-state index in [0.29, 0.717) is 12.6 Å². The van der Waals surface area contributed by atoms with Crippen LogP contribution in [0.1, 0.15) is 31.5 Å². The largest absolute Gasteiger partial charge is 0.497 e. The number of rotatable bonds is 5. The highest BCUT2D eigenvalue weighted by Crippen LogP contribution is 2.16. The topological polar surface area (TPSA) is 52.0 Å². The van der Waals surface area contributed by atoms with Gasteiger partial charge < -0.3 is 14.6 Å². The van der Waals surface area contributed by atoms with Gasteiger partial charge in [-0.2, -0.15) is 0 Å². The first-order chi connectivity index (χ1) is 9.11. The lowest BCUT2D eigenvalue weighted by molar-refractivity contribution is 0.415. The van der Waals surface area contributed by atoms with Crippen LogP contribution in [0.4, 0.5) is 5.69 Å². The van der Waals surface area contributed by atoms with Crippen LogP contribution in [-0.2, 0) is 6.54 Å². The average molecular weight is 260 g/mol. The van der Waals surface area contributed by atoms with E-state index in [1.165, 1.54) is 0 Å². The molecule has 0 spiro atoms. The quantitative estimate of drug-likeness (QED) is 0.898. The van der Waals surface area contributed by atoms with Gasteiger partial charge in [0, 0.05) is 11.7 Å². The van der Waals surface area contributed by atoms with Crippen molar-refractivity contribution in [3.05, 3.63) is 35.9 Å². The number of nitrogens with one attached hydrogen (secondary N) is 1. The summed E-state index contributed by atoms with van der Waals surface area (Å²) in [5.41, 5.74) is 1.04. The molecule has 1 heterocycles. The van der Waals surface area contributed by atoms with E-state index >= 15 is 0 Å². The maximum atomic E-state index is 5.13. The van der Waals surface area contributed by atoms with Crippen LogP contribution in [0.25, 0.3) is 0 Å². The van der Waals surface area contributed by atoms with Crippen LogP contribution in [-0.4, -0.2) is 21.9 Å². The number of hydrogen-bond donors (Lipinski definition) is 1. The highest BCUT2D eigenvalue weighted by atomic mass is 16.5. The predicted octanol–water partition coefficient (Wildman–Crippen LogP) is 2.79. The maximum Gasteiger partial charge on any atom is 0.152 e. The first kappa shape index (κ1) is 13.4. The monoisotopic (exact) mass is 260 g/mol. The second-order valence-corrected chi connectivity index (χ2v) is 4.71. The molecule has 5 nitrogen and oxygen atoms in total. The van der Waals surface area contributed by atoms with Crippen molar-refractivity contribution >= 4 is 5.69 Å². The molecule has 1 aromatic carbocycles. The summed E-state index contributed by atoms with van der Waals surface area (Å²) in [6.07, 6.45) is 0. The number of hydrogen-bond acceptors (Lipinski definition) is 4. The fourth-order valence-corrected chi connectivity index (χ4v) is 2.10. The smallest absolute Gasteiger partial charge is 0.152 e. The minimum Gasteiger partial charge on any atom is -0.497 e. The summed E-state index contributed by atoms with van der Waals surface area (Å²) in [6.45, 7) is 6.90. The van der Waals surface area contributed by atoms with Gasteiger partial charge in [-0.25, -0.2) is 0 Å². The van der Waals surface area contributed by atoms with Crippen molar-refractivity contribution in [3.63, 3.8) is 0 Å². The normalized spacial score (nSPS) is 10.8. The molecule has 0 bridgehead atoms. The van der Waals surface area contributed by atoms with Crippen LogP contribution in [0.2, 0.25) is 0 Å². The summed E-state index contributed by atoms with van der Waals surface area (Å²) in [7, 11) is 1.66. The second kappa shape index (κ2) is 5.73. The Morgan fingerprint density at radius 1 is 1.21 bits per heavy atom. The Labute approximate surface area is 113 Å². The predicted molar refractivity (Wildman–Crippen MR) is 75.5 cm³/mol. The summed E-state index contributed by atoms with van der Waals surface area (Å²) >= 11 is 0. The molecule has 1 aromatic heterocycles. The van der Waals surface area contributed by atoms with Crippen LogP contribution < -0.4 is 10.1 Å². The Morgan fingerprint density at radius 3 is 2.47 bits per heavy atom. The van der Waals surface area contributed by atoms with E-state index in [1.807, 2.05) is 31.2 Å². The van der Waals surface area contributed by atoms with Gasteiger partial charge >= 0.3 is 0 Å². The van der Waals surface area contributed by atoms with Crippen molar-refractivity contribution in [2.45, 2.75) is 33.4 Å². The zero-order valence-corrected chi connectivity index (χ0v) is 11.8. The molecular weight excluding hydrogens is 240 g/mol. The molecular formula is C14H20N4O. The summed E-state index contributed by atoms with van der Waals surface area (Å²) in [4.78, 5) is 0. The summed E-state index contributed by atoms with van der Waals surface area (Å²) in [5, 5.41) is 11.7. The second-order valence-electron chi connectivity index (χ2n) is 4.71. The van der Waals surface area contributed by atoms with E-state index in [0.717, 1.165) is 23.1 Å². The van der Waals surface area contributed by atoms with E-state index < -0.39 is 0 Å². The molecule has 0 radical (unpaired) electrons. The van der Waals surface area contributed by atoms with Gasteiger partial charge in [0.25, 0.3) is 0 Å². The van der Waals surface area contributed by atoms with Crippen molar-refractivity contribution in [2.24, 2.45) is 0 Å². The highest BCUT2D eigenvalue weighted by molar-refractivity contribution is 5.46. The van der Waals surface area contributed by atoms with Crippen molar-refractivity contribution < 1.29 is 4.74 Å². The lowest BCUT2D eigenvalue weighted by Gasteiger charge is -2.13. The molecule has 0 unspecified atom stereocenters. The molecule has 0 aliphatic rings. The molecule has 19 heavy (non-hydrogen) atoms. The van der Waals surface area contributed by atoms with Crippen molar-refractivity contribution in [2.75, 3.05) is 12.4 Å². The SMILES string of the molecule is COc1ccc(NCc2nnc(C)n2C(C)C)cc1. The van der Waals surface area contributed by atoms with Crippen molar-refractivity contribution in [1.29, 1.82) is 0 Å². The number of anilines is 1. The van der Waals surface area contributed by atoms with Gasteiger partial charge in [-0.3, -0.25) is 0 Å². The van der Waals surface area contributed by atoms with E-state index in [1.54, 1.807) is 7.11 Å². The van der Waals surface area contributed by atoms with Gasteiger partial charge in [0.2, 0.25) is 0 Å². The molecule has 0 saturated carbocycles. The molecule has 0 aliphatic heterocycles. The molecule has 0 saturated heterocycles. The molecule has 102 valence electrons. The molecule has 0 aliphatic carbocycles. The number of nitrogens with zero attached hydrogens (tertiary/aromatic N) is 3. The van der Waals surface area contributed by atoms with Gasteiger partial charge in [-0.05, 0) is 45.0 Å². The number of benzene rings is 1. The zero-order valence-electron chi connectivity index (χ0n) is 11.8. The van der Waals surface area contributed by atoms with Gasteiger partial charge in [-0.1, -0.05) is 0 Å². The first-order valence-electron chi connectivity index (χ1n) is 6.40. The van der Waals surface area contributed by atoms with Gasteiger partial charge in [0.15, 0.2) is 5.82 Å². The Morgan fingerprint density at radius 2 is 1.89 bits per heavy atom. The third-order valence-corrected chi connectivity index (χ3v) is 2.99. The molecule has 5 heteroatoms. The fourth-order valence-electron chi connectivity index (χ4n) is 2.10. The highest BCUT2D eigenvalue weighted by Gasteiger charge is 2.10. The molecule has 1 N–H and O–H groups in total. The summed E-state index contributed by atoms with van der Waals surface area (Å²) < 4.78 is 7.27. The van der Waals surface area contributed by atoms with Gasteiger partial charge in [-0.15, -0.1) is 10.2 Å². The number of methoxy groups -OCH3 is 1. The minimum atomic E-state index is 0.364. The lowest BCUT2D eigenvalue weighted by Crippen LogP contribution is -2.11. The molecule has 2 aromatic rings. The van der Waals surface area contributed by atoms with Crippen molar-refractivity contribution in [3.8, 4) is 5.75 Å². The number of aromatic nitrogens is 3. The van der Waals surface area contributed by atoms with Crippen molar-refractivity contribution in [1.82, 2.24) is 14.8 Å². The third kappa shape index (κ3) is 3.05. The van der Waals surface area contributed by atoms with E-state index in [-0.39, 0.29) is 0 Å². The summed E-state index contributed by atoms with van der Waals surface area (Å²) in [5.74, 6) is 2.75. The Hall–Kier alpha value is -2.04. The van der Waals surface area contributed by atoms with Gasteiger partial charge in [0.05, 0.1) is 13.7 Å². The van der Waals surface area contributed by atoms with Crippen LogP contribution >= 0.6 is 0 Å². The standard InChI is InChI=1S/C14H20N4O/c1-10(2)18-11(3)16-17-14(18)9-15-12-5-7-13(19-4)8-6-12/h5-8,10,15H,9H2,1-4H3. The average Bonchev–Trinajstić information content (AvgIpc) is 2.78. The van der Waals surface area contributed by atoms with Crippen LogP contribution in [0, 0.1) is 6.92 Å². The number of aryl methyl sites for hydroxylation is 1. The third-order valence-electron chi connectivity index (χ3n) is 2.99. The summed E-state index contributed by atoms with van der Waals surface area (Å²) in [6, 6.07) is 8.20. The minimum absolute atomic E-state index is 0.364. The van der Waals surface area contributed by atoms with E-state index in [4.69, 9.17) is 4.74 Å².